The Morgan fingerprint density at radius 1 is 1.40 bits per heavy atom. The molecule has 10 heavy (non-hydrogen) atoms. The molecule has 1 rings (SSSR count). The molecule has 2 atom stereocenters. The molecule has 0 N–H and O–H groups in total. The average Bonchev–Trinajstić information content (AvgIpc) is 1.95. The second-order valence-corrected chi connectivity index (χ2v) is 3.52. The molecule has 0 radical (unpaired) electrons. The van der Waals surface area contributed by atoms with Crippen LogP contribution in [0.25, 0.3) is 0 Å². The van der Waals surface area contributed by atoms with Gasteiger partial charge in [-0.3, -0.25) is 0 Å². The monoisotopic (exact) mass is 138 g/mol. The lowest BCUT2D eigenvalue weighted by Gasteiger charge is -2.28. The predicted molar refractivity (Wildman–Crippen MR) is 45.9 cm³/mol. The first-order chi connectivity index (χ1) is 4.75. The highest BCUT2D eigenvalue weighted by Gasteiger charge is 2.20. The largest absolute Gasteiger partial charge is 0.0882 e. The highest BCUT2D eigenvalue weighted by molar-refractivity contribution is 5.08. The Balaban J connectivity index is 2.60. The molecular formula is C10H18. The van der Waals surface area contributed by atoms with Crippen molar-refractivity contribution in [1.82, 2.24) is 0 Å². The van der Waals surface area contributed by atoms with Crippen molar-refractivity contribution in [2.45, 2.75) is 40.0 Å². The molecule has 0 amide bonds. The third-order valence-electron chi connectivity index (χ3n) is 2.93. The van der Waals surface area contributed by atoms with Gasteiger partial charge >= 0.3 is 0 Å². The van der Waals surface area contributed by atoms with E-state index in [0.717, 1.165) is 11.8 Å². The molecule has 2 unspecified atom stereocenters. The quantitative estimate of drug-likeness (QED) is 0.450. The summed E-state index contributed by atoms with van der Waals surface area (Å²) in [5.74, 6) is 1.76. The van der Waals surface area contributed by atoms with Gasteiger partial charge in [-0.2, -0.15) is 0 Å². The molecule has 0 bridgehead atoms. The van der Waals surface area contributed by atoms with Crippen molar-refractivity contribution in [1.29, 1.82) is 0 Å². The molecule has 58 valence electrons. The maximum atomic E-state index is 2.37. The minimum absolute atomic E-state index is 0.846. The van der Waals surface area contributed by atoms with Gasteiger partial charge < -0.3 is 0 Å². The zero-order valence-electron chi connectivity index (χ0n) is 7.35. The lowest BCUT2D eigenvalue weighted by Crippen LogP contribution is -2.15. The summed E-state index contributed by atoms with van der Waals surface area (Å²) in [6, 6.07) is 0. The first-order valence-corrected chi connectivity index (χ1v) is 4.40. The number of rotatable bonds is 0. The molecule has 1 fully saturated rings. The Hall–Kier alpha value is -0.260. The van der Waals surface area contributed by atoms with Gasteiger partial charge in [-0.25, -0.2) is 0 Å². The second kappa shape index (κ2) is 3.23. The van der Waals surface area contributed by atoms with Crippen LogP contribution in [0, 0.1) is 11.8 Å². The van der Waals surface area contributed by atoms with E-state index in [2.05, 4.69) is 26.8 Å². The predicted octanol–water partition coefficient (Wildman–Crippen LogP) is 3.39. The third kappa shape index (κ3) is 1.42. The lowest BCUT2D eigenvalue weighted by molar-refractivity contribution is 0.349. The van der Waals surface area contributed by atoms with Crippen LogP contribution in [0.2, 0.25) is 0 Å². The Morgan fingerprint density at radius 2 is 2.10 bits per heavy atom. The Kier molecular flexibility index (Phi) is 2.53. The number of allylic oxidation sites excluding steroid dienone is 2. The molecule has 0 aromatic heterocycles. The zero-order valence-corrected chi connectivity index (χ0v) is 7.35. The minimum atomic E-state index is 0.846. The van der Waals surface area contributed by atoms with Crippen LogP contribution in [0.4, 0.5) is 0 Å². The summed E-state index contributed by atoms with van der Waals surface area (Å²) in [6.07, 6.45) is 6.49. The number of hydrogen-bond acceptors (Lipinski definition) is 0. The van der Waals surface area contributed by atoms with Gasteiger partial charge in [0.2, 0.25) is 0 Å². The van der Waals surface area contributed by atoms with Crippen molar-refractivity contribution in [3.05, 3.63) is 11.6 Å². The van der Waals surface area contributed by atoms with Crippen LogP contribution in [-0.2, 0) is 0 Å². The summed E-state index contributed by atoms with van der Waals surface area (Å²) in [5, 5.41) is 0. The van der Waals surface area contributed by atoms with Gasteiger partial charge in [0.15, 0.2) is 0 Å². The van der Waals surface area contributed by atoms with E-state index < -0.39 is 0 Å². The summed E-state index contributed by atoms with van der Waals surface area (Å²) in [4.78, 5) is 0. The van der Waals surface area contributed by atoms with Crippen molar-refractivity contribution in [3.8, 4) is 0 Å². The molecule has 0 aromatic carbocycles. The smallest absolute Gasteiger partial charge is 0.0206 e. The summed E-state index contributed by atoms with van der Waals surface area (Å²) in [7, 11) is 0. The van der Waals surface area contributed by atoms with E-state index in [4.69, 9.17) is 0 Å². The van der Waals surface area contributed by atoms with Crippen LogP contribution < -0.4 is 0 Å². The van der Waals surface area contributed by atoms with Crippen molar-refractivity contribution in [3.63, 3.8) is 0 Å². The van der Waals surface area contributed by atoms with Crippen molar-refractivity contribution >= 4 is 0 Å². The minimum Gasteiger partial charge on any atom is -0.0882 e. The molecular weight excluding hydrogens is 120 g/mol. The van der Waals surface area contributed by atoms with E-state index in [0.29, 0.717) is 0 Å². The maximum Gasteiger partial charge on any atom is -0.0206 e. The molecule has 1 saturated carbocycles. The molecule has 0 heteroatoms. The fourth-order valence-electron chi connectivity index (χ4n) is 1.88. The fraction of sp³-hybridized carbons (Fsp3) is 0.800. The SMILES string of the molecule is C/C=C1\CCCC(C)C1C. The average molecular weight is 138 g/mol. The molecule has 0 saturated heterocycles. The Morgan fingerprint density at radius 3 is 2.60 bits per heavy atom. The lowest BCUT2D eigenvalue weighted by atomic mass is 9.78. The van der Waals surface area contributed by atoms with Crippen LogP contribution in [-0.4, -0.2) is 0 Å². The molecule has 0 aromatic rings. The molecule has 1 aliphatic rings. The first kappa shape index (κ1) is 7.84. The van der Waals surface area contributed by atoms with Gasteiger partial charge in [0.05, 0.1) is 0 Å². The van der Waals surface area contributed by atoms with Crippen LogP contribution in [0.15, 0.2) is 11.6 Å². The molecule has 0 spiro atoms. The number of hydrogen-bond donors (Lipinski definition) is 0. The van der Waals surface area contributed by atoms with Crippen LogP contribution in [0.1, 0.15) is 40.0 Å². The second-order valence-electron chi connectivity index (χ2n) is 3.52. The van der Waals surface area contributed by atoms with E-state index in [1.165, 1.54) is 19.3 Å². The molecule has 1 aliphatic carbocycles. The summed E-state index contributed by atoms with van der Waals surface area (Å²) < 4.78 is 0. The van der Waals surface area contributed by atoms with Crippen LogP contribution in [0.5, 0.6) is 0 Å². The summed E-state index contributed by atoms with van der Waals surface area (Å²) in [6.45, 7) is 6.90. The van der Waals surface area contributed by atoms with E-state index >= 15 is 0 Å². The molecule has 0 aliphatic heterocycles. The standard InChI is InChI=1S/C10H18/c1-4-10-7-5-6-8(2)9(10)3/h4,8-9H,5-7H2,1-3H3/b10-4+. The van der Waals surface area contributed by atoms with Gasteiger partial charge in [-0.1, -0.05) is 25.5 Å². The topological polar surface area (TPSA) is 0 Å². The highest BCUT2D eigenvalue weighted by atomic mass is 14.3. The van der Waals surface area contributed by atoms with E-state index in [9.17, 15) is 0 Å². The van der Waals surface area contributed by atoms with Gasteiger partial charge in [-0.05, 0) is 38.0 Å². The normalized spacial score (nSPS) is 38.5. The highest BCUT2D eigenvalue weighted by Crippen LogP contribution is 2.33. The van der Waals surface area contributed by atoms with Crippen molar-refractivity contribution < 1.29 is 0 Å². The molecule has 0 heterocycles. The molecule has 0 nitrogen and oxygen atoms in total. The zero-order chi connectivity index (χ0) is 7.56. The fourth-order valence-corrected chi connectivity index (χ4v) is 1.88. The maximum absolute atomic E-state index is 2.37. The van der Waals surface area contributed by atoms with Gasteiger partial charge in [0, 0.05) is 0 Å². The van der Waals surface area contributed by atoms with E-state index in [-0.39, 0.29) is 0 Å². The summed E-state index contributed by atoms with van der Waals surface area (Å²) >= 11 is 0. The Labute approximate surface area is 64.3 Å². The summed E-state index contributed by atoms with van der Waals surface area (Å²) in [5.41, 5.74) is 1.68. The van der Waals surface area contributed by atoms with E-state index in [1.807, 2.05) is 0 Å². The Bertz CT molecular complexity index is 133. The van der Waals surface area contributed by atoms with Crippen LogP contribution in [0.3, 0.4) is 0 Å². The van der Waals surface area contributed by atoms with E-state index in [1.54, 1.807) is 5.57 Å². The van der Waals surface area contributed by atoms with Gasteiger partial charge in [0.1, 0.15) is 0 Å². The van der Waals surface area contributed by atoms with Crippen molar-refractivity contribution in [2.75, 3.05) is 0 Å². The van der Waals surface area contributed by atoms with Gasteiger partial charge in [0.25, 0.3) is 0 Å². The van der Waals surface area contributed by atoms with Gasteiger partial charge in [-0.15, -0.1) is 0 Å². The van der Waals surface area contributed by atoms with Crippen molar-refractivity contribution in [2.24, 2.45) is 11.8 Å². The third-order valence-corrected chi connectivity index (χ3v) is 2.93. The first-order valence-electron chi connectivity index (χ1n) is 4.40. The van der Waals surface area contributed by atoms with Crippen LogP contribution >= 0.6 is 0 Å².